The molecule has 23 heavy (non-hydrogen) atoms. The molecule has 3 aromatic rings. The Labute approximate surface area is 133 Å². The van der Waals surface area contributed by atoms with Gasteiger partial charge in [0.1, 0.15) is 6.61 Å². The summed E-state index contributed by atoms with van der Waals surface area (Å²) in [6.45, 7) is 2.49. The average Bonchev–Trinajstić information content (AvgIpc) is 3.00. The van der Waals surface area contributed by atoms with Gasteiger partial charge in [0, 0.05) is 5.56 Å². The van der Waals surface area contributed by atoms with Crippen molar-refractivity contribution in [3.05, 3.63) is 53.6 Å². The second-order valence-electron chi connectivity index (χ2n) is 5.03. The number of nitrogen functional groups attached to an aromatic ring is 1. The summed E-state index contributed by atoms with van der Waals surface area (Å²) in [5.41, 5.74) is 8.47. The highest BCUT2D eigenvalue weighted by Gasteiger charge is 2.12. The third kappa shape index (κ3) is 3.26. The van der Waals surface area contributed by atoms with Crippen LogP contribution in [-0.2, 0) is 6.61 Å². The van der Waals surface area contributed by atoms with Crippen LogP contribution in [0, 0.1) is 6.92 Å². The maximum absolute atomic E-state index is 5.92. The molecule has 0 unspecified atom stereocenters. The predicted molar refractivity (Wildman–Crippen MR) is 86.2 cm³/mol. The molecule has 0 aliphatic carbocycles. The van der Waals surface area contributed by atoms with Gasteiger partial charge in [-0.15, -0.1) is 5.10 Å². The Kier molecular flexibility index (Phi) is 4.14. The molecule has 0 amide bonds. The third-order valence-corrected chi connectivity index (χ3v) is 3.50. The SMILES string of the molecule is COc1ccc(-c2nnc(N)o2)cc1OCc1ccccc1C. The number of ether oxygens (including phenoxy) is 2. The molecule has 2 aromatic carbocycles. The molecule has 0 spiro atoms. The van der Waals surface area contributed by atoms with Gasteiger partial charge in [-0.1, -0.05) is 29.4 Å². The first-order chi connectivity index (χ1) is 11.2. The maximum Gasteiger partial charge on any atom is 0.313 e. The first kappa shape index (κ1) is 14.9. The number of rotatable bonds is 5. The van der Waals surface area contributed by atoms with Crippen molar-refractivity contribution in [1.82, 2.24) is 10.2 Å². The average molecular weight is 311 g/mol. The van der Waals surface area contributed by atoms with Gasteiger partial charge < -0.3 is 19.6 Å². The summed E-state index contributed by atoms with van der Waals surface area (Å²) in [5, 5.41) is 7.54. The van der Waals surface area contributed by atoms with Gasteiger partial charge in [-0.3, -0.25) is 0 Å². The molecule has 6 nitrogen and oxygen atoms in total. The zero-order valence-electron chi connectivity index (χ0n) is 12.9. The molecular formula is C17H17N3O3. The molecule has 0 saturated heterocycles. The number of aryl methyl sites for hydroxylation is 1. The van der Waals surface area contributed by atoms with Crippen LogP contribution in [0.25, 0.3) is 11.5 Å². The molecule has 0 radical (unpaired) electrons. The highest BCUT2D eigenvalue weighted by atomic mass is 16.5. The lowest BCUT2D eigenvalue weighted by molar-refractivity contribution is 0.284. The number of hydrogen-bond donors (Lipinski definition) is 1. The van der Waals surface area contributed by atoms with E-state index in [-0.39, 0.29) is 6.01 Å². The van der Waals surface area contributed by atoms with Crippen LogP contribution in [0.3, 0.4) is 0 Å². The van der Waals surface area contributed by atoms with Crippen molar-refractivity contribution < 1.29 is 13.9 Å². The molecule has 118 valence electrons. The van der Waals surface area contributed by atoms with Gasteiger partial charge in [-0.2, -0.15) is 0 Å². The third-order valence-electron chi connectivity index (χ3n) is 3.50. The van der Waals surface area contributed by atoms with Crippen molar-refractivity contribution in [1.29, 1.82) is 0 Å². The number of nitrogens with two attached hydrogens (primary N) is 1. The van der Waals surface area contributed by atoms with Crippen molar-refractivity contribution in [3.8, 4) is 23.0 Å². The number of benzene rings is 2. The molecule has 0 aliphatic rings. The fourth-order valence-corrected chi connectivity index (χ4v) is 2.20. The second-order valence-corrected chi connectivity index (χ2v) is 5.03. The van der Waals surface area contributed by atoms with Gasteiger partial charge in [-0.05, 0) is 36.2 Å². The van der Waals surface area contributed by atoms with E-state index in [0.29, 0.717) is 24.0 Å². The van der Waals surface area contributed by atoms with Crippen molar-refractivity contribution >= 4 is 6.01 Å². The van der Waals surface area contributed by atoms with Crippen LogP contribution in [0.5, 0.6) is 11.5 Å². The Balaban J connectivity index is 1.86. The lowest BCUT2D eigenvalue weighted by atomic mass is 10.1. The van der Waals surface area contributed by atoms with Gasteiger partial charge in [0.25, 0.3) is 0 Å². The quantitative estimate of drug-likeness (QED) is 0.779. The summed E-state index contributed by atoms with van der Waals surface area (Å²) in [4.78, 5) is 0. The Morgan fingerprint density at radius 1 is 1.09 bits per heavy atom. The molecule has 0 bridgehead atoms. The van der Waals surface area contributed by atoms with Gasteiger partial charge in [-0.25, -0.2) is 0 Å². The van der Waals surface area contributed by atoms with Crippen molar-refractivity contribution in [2.45, 2.75) is 13.5 Å². The van der Waals surface area contributed by atoms with E-state index in [1.807, 2.05) is 37.3 Å². The first-order valence-corrected chi connectivity index (χ1v) is 7.12. The highest BCUT2D eigenvalue weighted by Crippen LogP contribution is 2.33. The van der Waals surface area contributed by atoms with Crippen LogP contribution in [0.1, 0.15) is 11.1 Å². The van der Waals surface area contributed by atoms with Crippen LogP contribution in [0.4, 0.5) is 6.01 Å². The van der Waals surface area contributed by atoms with Crippen LogP contribution in [0.15, 0.2) is 46.9 Å². The largest absolute Gasteiger partial charge is 0.493 e. The summed E-state index contributed by atoms with van der Waals surface area (Å²) in [6.07, 6.45) is 0. The number of hydrogen-bond acceptors (Lipinski definition) is 6. The monoisotopic (exact) mass is 311 g/mol. The normalized spacial score (nSPS) is 10.5. The molecule has 0 fully saturated rings. The Morgan fingerprint density at radius 2 is 1.91 bits per heavy atom. The van der Waals surface area contributed by atoms with E-state index < -0.39 is 0 Å². The number of nitrogens with zero attached hydrogens (tertiary/aromatic N) is 2. The van der Waals surface area contributed by atoms with E-state index in [0.717, 1.165) is 11.1 Å². The fraction of sp³-hybridized carbons (Fsp3) is 0.176. The standard InChI is InChI=1S/C17H17N3O3/c1-11-5-3-4-6-13(11)10-22-15-9-12(7-8-14(15)21-2)16-19-20-17(18)23-16/h3-9H,10H2,1-2H3,(H2,18,20). The molecule has 2 N–H and O–H groups in total. The molecule has 6 heteroatoms. The first-order valence-electron chi connectivity index (χ1n) is 7.12. The molecule has 1 aromatic heterocycles. The van der Waals surface area contributed by atoms with E-state index in [4.69, 9.17) is 19.6 Å². The van der Waals surface area contributed by atoms with Crippen LogP contribution in [-0.4, -0.2) is 17.3 Å². The van der Waals surface area contributed by atoms with E-state index in [9.17, 15) is 0 Å². The lowest BCUT2D eigenvalue weighted by Gasteiger charge is -2.12. The Hall–Kier alpha value is -3.02. The van der Waals surface area contributed by atoms with E-state index >= 15 is 0 Å². The van der Waals surface area contributed by atoms with Crippen LogP contribution in [0.2, 0.25) is 0 Å². The minimum atomic E-state index is 0.0261. The summed E-state index contributed by atoms with van der Waals surface area (Å²) >= 11 is 0. The Bertz CT molecular complexity index is 814. The van der Waals surface area contributed by atoms with Crippen molar-refractivity contribution in [2.75, 3.05) is 12.8 Å². The van der Waals surface area contributed by atoms with E-state index in [2.05, 4.69) is 10.2 Å². The minimum absolute atomic E-state index is 0.0261. The van der Waals surface area contributed by atoms with Gasteiger partial charge in [0.2, 0.25) is 5.89 Å². The molecule has 0 aliphatic heterocycles. The number of methoxy groups -OCH3 is 1. The summed E-state index contributed by atoms with van der Waals surface area (Å²) in [5.74, 6) is 1.57. The molecule has 0 saturated carbocycles. The summed E-state index contributed by atoms with van der Waals surface area (Å²) < 4.78 is 16.5. The predicted octanol–water partition coefficient (Wildman–Crippen LogP) is 3.21. The van der Waals surface area contributed by atoms with Gasteiger partial charge in [0.05, 0.1) is 7.11 Å². The number of aromatic nitrogens is 2. The molecule has 1 heterocycles. The van der Waals surface area contributed by atoms with Crippen molar-refractivity contribution in [2.24, 2.45) is 0 Å². The zero-order chi connectivity index (χ0) is 16.2. The van der Waals surface area contributed by atoms with E-state index in [1.165, 1.54) is 5.56 Å². The molecule has 3 rings (SSSR count). The van der Waals surface area contributed by atoms with Crippen LogP contribution < -0.4 is 15.2 Å². The smallest absolute Gasteiger partial charge is 0.313 e. The van der Waals surface area contributed by atoms with Crippen LogP contribution >= 0.6 is 0 Å². The van der Waals surface area contributed by atoms with Crippen molar-refractivity contribution in [3.63, 3.8) is 0 Å². The Morgan fingerprint density at radius 3 is 2.61 bits per heavy atom. The summed E-state index contributed by atoms with van der Waals surface area (Å²) in [7, 11) is 1.60. The highest BCUT2D eigenvalue weighted by molar-refractivity contribution is 5.60. The zero-order valence-corrected chi connectivity index (χ0v) is 12.9. The lowest BCUT2D eigenvalue weighted by Crippen LogP contribution is -1.99. The molecule has 0 atom stereocenters. The maximum atomic E-state index is 5.92. The van der Waals surface area contributed by atoms with Gasteiger partial charge in [0.15, 0.2) is 11.5 Å². The molecular weight excluding hydrogens is 294 g/mol. The fourth-order valence-electron chi connectivity index (χ4n) is 2.20. The number of anilines is 1. The summed E-state index contributed by atoms with van der Waals surface area (Å²) in [6, 6.07) is 13.5. The minimum Gasteiger partial charge on any atom is -0.493 e. The topological polar surface area (TPSA) is 83.4 Å². The van der Waals surface area contributed by atoms with Gasteiger partial charge >= 0.3 is 6.01 Å². The second kappa shape index (κ2) is 6.39. The van der Waals surface area contributed by atoms with E-state index in [1.54, 1.807) is 19.2 Å².